The second-order valence-corrected chi connectivity index (χ2v) is 9.04. The van der Waals surface area contributed by atoms with E-state index in [9.17, 15) is 0 Å². The van der Waals surface area contributed by atoms with Gasteiger partial charge in [0.05, 0.1) is 6.04 Å². The van der Waals surface area contributed by atoms with Crippen molar-refractivity contribution in [1.29, 1.82) is 0 Å². The number of aromatic amines is 1. The molecular weight excluding hydrogens is 316 g/mol. The fourth-order valence-corrected chi connectivity index (χ4v) is 4.47. The maximum absolute atomic E-state index is 3.76. The molecule has 2 N–H and O–H groups in total. The van der Waals surface area contributed by atoms with Crippen LogP contribution in [0.5, 0.6) is 0 Å². The summed E-state index contributed by atoms with van der Waals surface area (Å²) in [5.41, 5.74) is 11.1. The molecule has 2 heterocycles. The Morgan fingerprint density at radius 1 is 0.923 bits per heavy atom. The van der Waals surface area contributed by atoms with Crippen LogP contribution in [0.2, 0.25) is 0 Å². The number of benzene rings is 2. The lowest BCUT2D eigenvalue weighted by molar-refractivity contribution is 0.553. The van der Waals surface area contributed by atoms with E-state index in [2.05, 4.69) is 82.2 Å². The molecule has 136 valence electrons. The molecule has 1 aliphatic heterocycles. The van der Waals surface area contributed by atoms with Crippen molar-refractivity contribution in [2.75, 3.05) is 6.54 Å². The summed E-state index contributed by atoms with van der Waals surface area (Å²) in [7, 11) is 0. The lowest BCUT2D eigenvalue weighted by Crippen LogP contribution is -2.30. The Morgan fingerprint density at radius 2 is 1.65 bits per heavy atom. The average Bonchev–Trinajstić information content (AvgIpc) is 2.91. The molecule has 0 amide bonds. The molecule has 0 fully saturated rings. The molecule has 0 spiro atoms. The van der Waals surface area contributed by atoms with Gasteiger partial charge in [-0.05, 0) is 66.5 Å². The van der Waals surface area contributed by atoms with Gasteiger partial charge in [0.25, 0.3) is 0 Å². The van der Waals surface area contributed by atoms with Gasteiger partial charge in [-0.25, -0.2) is 0 Å². The van der Waals surface area contributed by atoms with Gasteiger partial charge < -0.3 is 10.3 Å². The van der Waals surface area contributed by atoms with Crippen LogP contribution < -0.4 is 5.32 Å². The van der Waals surface area contributed by atoms with Crippen LogP contribution in [0.4, 0.5) is 0 Å². The number of aromatic nitrogens is 1. The maximum atomic E-state index is 3.76. The minimum absolute atomic E-state index is 0.159. The molecule has 0 aliphatic carbocycles. The minimum Gasteiger partial charge on any atom is -0.357 e. The highest BCUT2D eigenvalue weighted by atomic mass is 15.0. The third kappa shape index (κ3) is 2.87. The van der Waals surface area contributed by atoms with Crippen LogP contribution in [0, 0.1) is 20.8 Å². The van der Waals surface area contributed by atoms with E-state index >= 15 is 0 Å². The Kier molecular flexibility index (Phi) is 4.00. The van der Waals surface area contributed by atoms with Crippen molar-refractivity contribution in [1.82, 2.24) is 10.3 Å². The van der Waals surface area contributed by atoms with Crippen molar-refractivity contribution in [3.63, 3.8) is 0 Å². The van der Waals surface area contributed by atoms with Crippen molar-refractivity contribution in [2.24, 2.45) is 0 Å². The lowest BCUT2D eigenvalue weighted by atomic mass is 9.83. The molecule has 0 saturated carbocycles. The summed E-state index contributed by atoms with van der Waals surface area (Å²) in [6, 6.07) is 11.9. The van der Waals surface area contributed by atoms with Crippen LogP contribution in [-0.4, -0.2) is 11.5 Å². The third-order valence-electron chi connectivity index (χ3n) is 5.69. The molecule has 0 radical (unpaired) electrons. The molecule has 4 rings (SSSR count). The molecule has 1 atom stereocenters. The molecule has 1 unspecified atom stereocenters. The SMILES string of the molecule is Cc1cc(C2NCCc3c2[nH]c2cc(C)cc(C)c32)cc(C(C)(C)C)c1. The van der Waals surface area contributed by atoms with E-state index in [1.54, 1.807) is 0 Å². The molecule has 2 aromatic carbocycles. The third-order valence-corrected chi connectivity index (χ3v) is 5.69. The largest absolute Gasteiger partial charge is 0.357 e. The zero-order chi connectivity index (χ0) is 18.6. The quantitative estimate of drug-likeness (QED) is 0.587. The van der Waals surface area contributed by atoms with Crippen molar-refractivity contribution in [3.05, 3.63) is 69.4 Å². The zero-order valence-corrected chi connectivity index (χ0v) is 16.9. The van der Waals surface area contributed by atoms with E-state index in [0.717, 1.165) is 13.0 Å². The van der Waals surface area contributed by atoms with Gasteiger partial charge in [0, 0.05) is 23.1 Å². The standard InChI is InChI=1S/C24H30N2/c1-14-9-16(3)21-19-7-8-25-22(23(19)26-20(21)12-14)17-10-15(2)11-18(13-17)24(4,5)6/h9-13,22,25-26H,7-8H2,1-6H3. The van der Waals surface area contributed by atoms with E-state index in [1.807, 2.05) is 0 Å². The van der Waals surface area contributed by atoms with Gasteiger partial charge in [0.15, 0.2) is 0 Å². The van der Waals surface area contributed by atoms with Crippen LogP contribution in [0.15, 0.2) is 30.3 Å². The molecule has 0 bridgehead atoms. The summed E-state index contributed by atoms with van der Waals surface area (Å²) in [5.74, 6) is 0. The van der Waals surface area contributed by atoms with E-state index in [0.29, 0.717) is 0 Å². The van der Waals surface area contributed by atoms with Crippen LogP contribution in [0.25, 0.3) is 10.9 Å². The number of rotatable bonds is 1. The predicted molar refractivity (Wildman–Crippen MR) is 111 cm³/mol. The van der Waals surface area contributed by atoms with Crippen LogP contribution in [0.1, 0.15) is 65.9 Å². The Morgan fingerprint density at radius 3 is 2.38 bits per heavy atom. The van der Waals surface area contributed by atoms with Gasteiger partial charge in [-0.1, -0.05) is 50.6 Å². The molecule has 1 aromatic heterocycles. The number of aryl methyl sites for hydroxylation is 3. The summed E-state index contributed by atoms with van der Waals surface area (Å²) < 4.78 is 0. The van der Waals surface area contributed by atoms with E-state index in [-0.39, 0.29) is 11.5 Å². The van der Waals surface area contributed by atoms with Crippen LogP contribution in [-0.2, 0) is 11.8 Å². The normalized spacial score (nSPS) is 17.5. The van der Waals surface area contributed by atoms with Crippen molar-refractivity contribution in [2.45, 2.75) is 59.4 Å². The number of fused-ring (bicyclic) bond motifs is 3. The van der Waals surface area contributed by atoms with Crippen molar-refractivity contribution >= 4 is 10.9 Å². The molecule has 1 aliphatic rings. The van der Waals surface area contributed by atoms with Crippen molar-refractivity contribution < 1.29 is 0 Å². The molecular formula is C24H30N2. The first kappa shape index (κ1) is 17.4. The van der Waals surface area contributed by atoms with Gasteiger partial charge in [-0.3, -0.25) is 0 Å². The second kappa shape index (κ2) is 5.99. The van der Waals surface area contributed by atoms with E-state index in [4.69, 9.17) is 0 Å². The minimum atomic E-state index is 0.159. The highest BCUT2D eigenvalue weighted by molar-refractivity contribution is 5.89. The van der Waals surface area contributed by atoms with Gasteiger partial charge in [-0.15, -0.1) is 0 Å². The smallest absolute Gasteiger partial charge is 0.0732 e. The van der Waals surface area contributed by atoms with Gasteiger partial charge in [0.2, 0.25) is 0 Å². The fourth-order valence-electron chi connectivity index (χ4n) is 4.47. The molecule has 3 aromatic rings. The van der Waals surface area contributed by atoms with Crippen molar-refractivity contribution in [3.8, 4) is 0 Å². The molecule has 0 saturated heterocycles. The van der Waals surface area contributed by atoms with E-state index < -0.39 is 0 Å². The predicted octanol–water partition coefficient (Wildman–Crippen LogP) is 5.63. The van der Waals surface area contributed by atoms with Gasteiger partial charge >= 0.3 is 0 Å². The van der Waals surface area contributed by atoms with Crippen LogP contribution >= 0.6 is 0 Å². The summed E-state index contributed by atoms with van der Waals surface area (Å²) in [5, 5.41) is 5.19. The number of H-pyrrole nitrogens is 1. The Hall–Kier alpha value is -2.06. The highest BCUT2D eigenvalue weighted by Crippen LogP contribution is 2.37. The zero-order valence-electron chi connectivity index (χ0n) is 16.9. The Bertz CT molecular complexity index is 986. The van der Waals surface area contributed by atoms with Gasteiger partial charge in [-0.2, -0.15) is 0 Å². The van der Waals surface area contributed by atoms with Gasteiger partial charge in [0.1, 0.15) is 0 Å². The first-order valence-corrected chi connectivity index (χ1v) is 9.71. The molecule has 2 heteroatoms. The van der Waals surface area contributed by atoms with Crippen LogP contribution in [0.3, 0.4) is 0 Å². The molecule has 2 nitrogen and oxygen atoms in total. The summed E-state index contributed by atoms with van der Waals surface area (Å²) >= 11 is 0. The highest BCUT2D eigenvalue weighted by Gasteiger charge is 2.27. The summed E-state index contributed by atoms with van der Waals surface area (Å²) in [6.45, 7) is 14.5. The second-order valence-electron chi connectivity index (χ2n) is 9.04. The summed E-state index contributed by atoms with van der Waals surface area (Å²) in [6.07, 6.45) is 1.09. The molecule has 26 heavy (non-hydrogen) atoms. The lowest BCUT2D eigenvalue weighted by Gasteiger charge is -2.28. The monoisotopic (exact) mass is 346 g/mol. The average molecular weight is 347 g/mol. The first-order chi connectivity index (χ1) is 12.2. The number of hydrogen-bond donors (Lipinski definition) is 2. The fraction of sp³-hybridized carbons (Fsp3) is 0.417. The number of hydrogen-bond acceptors (Lipinski definition) is 1. The Balaban J connectivity index is 1.89. The first-order valence-electron chi connectivity index (χ1n) is 9.71. The number of nitrogens with one attached hydrogen (secondary N) is 2. The maximum Gasteiger partial charge on any atom is 0.0732 e. The Labute approximate surface area is 157 Å². The topological polar surface area (TPSA) is 27.8 Å². The summed E-state index contributed by atoms with van der Waals surface area (Å²) in [4.78, 5) is 3.76. The van der Waals surface area contributed by atoms with E-state index in [1.165, 1.54) is 50.0 Å².